The molecular weight excluding hydrogens is 537 g/mol. The van der Waals surface area contributed by atoms with E-state index in [4.69, 9.17) is 0 Å². The molecule has 0 saturated carbocycles. The number of unbranched alkanes of at least 4 members (excludes halogenated alkanes) is 8. The van der Waals surface area contributed by atoms with Crippen molar-refractivity contribution in [3.63, 3.8) is 0 Å². The molecule has 0 saturated heterocycles. The number of hydrogen-bond donors (Lipinski definition) is 1. The summed E-state index contributed by atoms with van der Waals surface area (Å²) in [5, 5.41) is 0. The van der Waals surface area contributed by atoms with Gasteiger partial charge in [-0.2, -0.15) is 0 Å². The highest BCUT2D eigenvalue weighted by atomic mass is 127. The van der Waals surface area contributed by atoms with Crippen LogP contribution in [0.4, 0.5) is 0 Å². The van der Waals surface area contributed by atoms with Crippen molar-refractivity contribution in [2.45, 2.75) is 83.5 Å². The maximum atomic E-state index is 3.95. The Kier molecular flexibility index (Phi) is 15.0. The van der Waals surface area contributed by atoms with E-state index in [9.17, 15) is 0 Å². The molecule has 0 aromatic heterocycles. The predicted molar refractivity (Wildman–Crippen MR) is 147 cm³/mol. The first-order chi connectivity index (χ1) is 16.8. The molecule has 0 spiro atoms. The van der Waals surface area contributed by atoms with E-state index in [-0.39, 0.29) is 29.4 Å². The molecule has 0 unspecified atom stereocenters. The standard InChI is InChI=1S/C33H45N.HI/c34-26-18-7-5-3-1-2-4-6-17-25-33(27-30-19-11-8-12-20-30,28-31-21-13-9-14-22-31)29-32-23-15-10-16-24-32;/h8-16,19-24H,1-7,17-18,25-29,34H2;1H. The molecule has 3 N–H and O–H groups in total. The third-order valence-electron chi connectivity index (χ3n) is 7.22. The number of halogens is 1. The summed E-state index contributed by atoms with van der Waals surface area (Å²) in [4.78, 5) is 0. The Balaban J connectivity index is 0.00000432. The van der Waals surface area contributed by atoms with Gasteiger partial charge in [-0.3, -0.25) is 0 Å². The van der Waals surface area contributed by atoms with E-state index in [0.717, 1.165) is 25.8 Å². The Labute approximate surface area is 232 Å². The quantitative estimate of drug-likeness (QED) is 0.174. The normalized spacial score (nSPS) is 11.2. The summed E-state index contributed by atoms with van der Waals surface area (Å²) >= 11 is 0. The van der Waals surface area contributed by atoms with Gasteiger partial charge in [0.1, 0.15) is 0 Å². The number of quaternary nitrogens is 1. The average Bonchev–Trinajstić information content (AvgIpc) is 2.87. The van der Waals surface area contributed by atoms with E-state index in [1.807, 2.05) is 0 Å². The minimum absolute atomic E-state index is 0. The largest absolute Gasteiger partial charge is 1.00 e. The van der Waals surface area contributed by atoms with Gasteiger partial charge >= 0.3 is 0 Å². The lowest BCUT2D eigenvalue weighted by molar-refractivity contribution is -0.368. The molecule has 2 heteroatoms. The maximum absolute atomic E-state index is 3.95. The van der Waals surface area contributed by atoms with Gasteiger partial charge in [-0.05, 0) is 60.6 Å². The summed E-state index contributed by atoms with van der Waals surface area (Å²) in [6, 6.07) is 33.5. The van der Waals surface area contributed by atoms with Crippen LogP contribution in [-0.2, 0) is 19.3 Å². The van der Waals surface area contributed by atoms with Crippen LogP contribution in [0.5, 0.6) is 0 Å². The molecule has 0 aliphatic heterocycles. The van der Waals surface area contributed by atoms with Crippen LogP contribution in [0.1, 0.15) is 80.9 Å². The van der Waals surface area contributed by atoms with Crippen molar-refractivity contribution in [3.8, 4) is 0 Å². The van der Waals surface area contributed by atoms with Gasteiger partial charge in [0.05, 0.1) is 6.54 Å². The summed E-state index contributed by atoms with van der Waals surface area (Å²) in [6.07, 6.45) is 17.0. The van der Waals surface area contributed by atoms with Crippen molar-refractivity contribution in [1.82, 2.24) is 0 Å². The van der Waals surface area contributed by atoms with Gasteiger partial charge < -0.3 is 29.7 Å². The van der Waals surface area contributed by atoms with Gasteiger partial charge in [-0.15, -0.1) is 0 Å². The first-order valence-corrected chi connectivity index (χ1v) is 13.7. The van der Waals surface area contributed by atoms with Crippen LogP contribution in [0.25, 0.3) is 0 Å². The van der Waals surface area contributed by atoms with Crippen molar-refractivity contribution in [3.05, 3.63) is 108 Å². The van der Waals surface area contributed by atoms with Crippen molar-refractivity contribution in [2.75, 3.05) is 6.54 Å². The minimum Gasteiger partial charge on any atom is -1.00 e. The fraction of sp³-hybridized carbons (Fsp3) is 0.455. The van der Waals surface area contributed by atoms with Crippen molar-refractivity contribution >= 4 is 0 Å². The molecule has 0 radical (unpaired) electrons. The van der Waals surface area contributed by atoms with E-state index in [2.05, 4.69) is 96.7 Å². The molecule has 0 bridgehead atoms. The van der Waals surface area contributed by atoms with Crippen LogP contribution in [0.15, 0.2) is 91.0 Å². The molecule has 0 aliphatic carbocycles. The van der Waals surface area contributed by atoms with Crippen LogP contribution in [-0.4, -0.2) is 6.54 Å². The van der Waals surface area contributed by atoms with Gasteiger partial charge in [-0.1, -0.05) is 136 Å². The first kappa shape index (κ1) is 29.6. The minimum atomic E-state index is 0. The fourth-order valence-electron chi connectivity index (χ4n) is 5.45. The topological polar surface area (TPSA) is 27.6 Å². The summed E-state index contributed by atoms with van der Waals surface area (Å²) in [5.41, 5.74) is 8.61. The van der Waals surface area contributed by atoms with E-state index in [0.29, 0.717) is 0 Å². The van der Waals surface area contributed by atoms with Gasteiger partial charge in [0.2, 0.25) is 0 Å². The second-order valence-electron chi connectivity index (χ2n) is 10.3. The van der Waals surface area contributed by atoms with E-state index in [1.54, 1.807) is 0 Å². The van der Waals surface area contributed by atoms with Gasteiger partial charge in [0, 0.05) is 0 Å². The van der Waals surface area contributed by atoms with Crippen LogP contribution >= 0.6 is 0 Å². The molecule has 0 aliphatic rings. The Morgan fingerprint density at radius 3 is 1.09 bits per heavy atom. The molecule has 190 valence electrons. The zero-order valence-electron chi connectivity index (χ0n) is 21.6. The smallest absolute Gasteiger partial charge is 0.0739 e. The second kappa shape index (κ2) is 17.7. The monoisotopic (exact) mass is 583 g/mol. The van der Waals surface area contributed by atoms with E-state index >= 15 is 0 Å². The maximum Gasteiger partial charge on any atom is 0.0739 e. The molecule has 3 aromatic carbocycles. The molecule has 0 atom stereocenters. The predicted octanol–water partition coefficient (Wildman–Crippen LogP) is 4.85. The third kappa shape index (κ3) is 11.8. The lowest BCUT2D eigenvalue weighted by atomic mass is 9.69. The molecule has 3 aromatic rings. The average molecular weight is 584 g/mol. The van der Waals surface area contributed by atoms with Crippen LogP contribution in [0, 0.1) is 5.41 Å². The molecule has 0 fully saturated rings. The summed E-state index contributed by atoms with van der Waals surface area (Å²) in [6.45, 7) is 1.09. The first-order valence-electron chi connectivity index (χ1n) is 13.7. The van der Waals surface area contributed by atoms with Crippen LogP contribution < -0.4 is 29.7 Å². The Hall–Kier alpha value is -1.65. The van der Waals surface area contributed by atoms with Gasteiger partial charge in [0.25, 0.3) is 0 Å². The zero-order chi connectivity index (χ0) is 23.7. The van der Waals surface area contributed by atoms with Crippen molar-refractivity contribution < 1.29 is 29.7 Å². The number of benzene rings is 3. The lowest BCUT2D eigenvalue weighted by Gasteiger charge is -2.35. The SMILES string of the molecule is [I-].[NH3+]CCCCCCCCCCCC(Cc1ccccc1)(Cc1ccccc1)Cc1ccccc1. The molecule has 1 nitrogen and oxygen atoms in total. The third-order valence-corrected chi connectivity index (χ3v) is 7.22. The Morgan fingerprint density at radius 2 is 0.743 bits per heavy atom. The highest BCUT2D eigenvalue weighted by molar-refractivity contribution is 5.24. The number of hydrogen-bond acceptors (Lipinski definition) is 0. The number of rotatable bonds is 17. The van der Waals surface area contributed by atoms with Crippen molar-refractivity contribution in [2.24, 2.45) is 5.41 Å². The van der Waals surface area contributed by atoms with Crippen LogP contribution in [0.2, 0.25) is 0 Å². The van der Waals surface area contributed by atoms with Gasteiger partial charge in [-0.25, -0.2) is 0 Å². The van der Waals surface area contributed by atoms with Gasteiger partial charge in [0.15, 0.2) is 0 Å². The molecular formula is C33H46IN. The molecule has 0 amide bonds. The highest BCUT2D eigenvalue weighted by Crippen LogP contribution is 2.37. The lowest BCUT2D eigenvalue weighted by Crippen LogP contribution is -3.00. The highest BCUT2D eigenvalue weighted by Gasteiger charge is 2.30. The van der Waals surface area contributed by atoms with Crippen LogP contribution in [0.3, 0.4) is 0 Å². The fourth-order valence-corrected chi connectivity index (χ4v) is 5.45. The second-order valence-corrected chi connectivity index (χ2v) is 10.3. The van der Waals surface area contributed by atoms with Crippen molar-refractivity contribution in [1.29, 1.82) is 0 Å². The molecule has 0 heterocycles. The Morgan fingerprint density at radius 1 is 0.429 bits per heavy atom. The van der Waals surface area contributed by atoms with E-state index < -0.39 is 0 Å². The zero-order valence-corrected chi connectivity index (χ0v) is 23.8. The van der Waals surface area contributed by atoms with E-state index in [1.165, 1.54) is 80.9 Å². The summed E-state index contributed by atoms with van der Waals surface area (Å²) < 4.78 is 0. The summed E-state index contributed by atoms with van der Waals surface area (Å²) in [7, 11) is 0. The summed E-state index contributed by atoms with van der Waals surface area (Å²) in [5.74, 6) is 0. The molecule has 3 rings (SSSR count). The molecule has 35 heavy (non-hydrogen) atoms. The Bertz CT molecular complexity index is 777.